The minimum absolute atomic E-state index is 0.0845. The van der Waals surface area contributed by atoms with E-state index in [1.165, 1.54) is 11.3 Å². The normalized spacial score (nSPS) is 23.3. The number of nitrogens with one attached hydrogen (secondary N) is 2. The molecule has 2 aliphatic rings. The minimum atomic E-state index is -3.44. The van der Waals surface area contributed by atoms with E-state index in [0.717, 1.165) is 6.54 Å². The fraction of sp³-hybridized carbons (Fsp3) is 0.667. The van der Waals surface area contributed by atoms with Crippen LogP contribution in [-0.2, 0) is 19.6 Å². The Morgan fingerprint density at radius 2 is 2.21 bits per heavy atom. The van der Waals surface area contributed by atoms with Crippen molar-refractivity contribution >= 4 is 27.3 Å². The van der Waals surface area contributed by atoms with Gasteiger partial charge in [-0.3, -0.25) is 4.79 Å². The lowest BCUT2D eigenvalue weighted by Gasteiger charge is -2.33. The molecule has 2 fully saturated rings. The van der Waals surface area contributed by atoms with Gasteiger partial charge in [0.1, 0.15) is 4.21 Å². The summed E-state index contributed by atoms with van der Waals surface area (Å²) in [6.07, 6.45) is 1.72. The third-order valence-corrected chi connectivity index (χ3v) is 7.27. The second-order valence-corrected chi connectivity index (χ2v) is 9.03. The van der Waals surface area contributed by atoms with Crippen LogP contribution in [0.3, 0.4) is 0 Å². The molecule has 2 aliphatic heterocycles. The molecule has 2 saturated heterocycles. The number of nitrogens with zero attached hydrogens (tertiary/aromatic N) is 1. The number of hydrogen-bond acceptors (Lipinski definition) is 6. The summed E-state index contributed by atoms with van der Waals surface area (Å²) in [6.45, 7) is 3.22. The van der Waals surface area contributed by atoms with Crippen LogP contribution in [0.4, 0.5) is 0 Å². The fourth-order valence-corrected chi connectivity index (χ4v) is 5.35. The molecule has 0 aliphatic carbocycles. The van der Waals surface area contributed by atoms with Gasteiger partial charge in [-0.15, -0.1) is 11.3 Å². The number of amides is 1. The van der Waals surface area contributed by atoms with Crippen LogP contribution in [0.25, 0.3) is 0 Å². The Labute approximate surface area is 146 Å². The lowest BCUT2D eigenvalue weighted by atomic mass is 10.0. The first-order valence-electron chi connectivity index (χ1n) is 8.19. The maximum absolute atomic E-state index is 12.3. The van der Waals surface area contributed by atoms with E-state index in [-0.39, 0.29) is 18.0 Å². The van der Waals surface area contributed by atoms with E-state index < -0.39 is 10.0 Å². The van der Waals surface area contributed by atoms with Crippen LogP contribution in [0.5, 0.6) is 0 Å². The number of carbonyl (C=O) groups excluding carboxylic acids is 1. The number of morpholine rings is 1. The predicted molar refractivity (Wildman–Crippen MR) is 91.5 cm³/mol. The molecule has 0 saturated carbocycles. The van der Waals surface area contributed by atoms with Crippen LogP contribution in [0.15, 0.2) is 21.7 Å². The maximum atomic E-state index is 12.3. The van der Waals surface area contributed by atoms with Crippen LogP contribution < -0.4 is 10.0 Å². The molecule has 0 aromatic carbocycles. The molecule has 7 nitrogen and oxygen atoms in total. The van der Waals surface area contributed by atoms with Gasteiger partial charge in [-0.05, 0) is 24.3 Å². The van der Waals surface area contributed by atoms with Crippen molar-refractivity contribution in [3.05, 3.63) is 17.5 Å². The van der Waals surface area contributed by atoms with Crippen molar-refractivity contribution < 1.29 is 17.9 Å². The molecule has 1 aromatic rings. The maximum Gasteiger partial charge on any atom is 0.250 e. The summed E-state index contributed by atoms with van der Waals surface area (Å²) in [4.78, 5) is 14.2. The molecular formula is C15H23N3O4S2. The first-order chi connectivity index (χ1) is 11.5. The molecule has 0 radical (unpaired) electrons. The summed E-state index contributed by atoms with van der Waals surface area (Å²) in [5.41, 5.74) is 0. The summed E-state index contributed by atoms with van der Waals surface area (Å²) >= 11 is 1.21. The van der Waals surface area contributed by atoms with Crippen molar-refractivity contribution in [2.24, 2.45) is 0 Å². The highest BCUT2D eigenvalue weighted by atomic mass is 32.2. The number of piperidine rings is 1. The Morgan fingerprint density at radius 3 is 2.83 bits per heavy atom. The standard InChI is InChI=1S/C15H23N3O4S2/c19-14(10-13-11-22-8-5-16-13)18-6-3-12(4-7-18)17-24(20,21)15-2-1-9-23-15/h1-2,9,12-13,16-17H,3-8,10-11H2. The van der Waals surface area contributed by atoms with Crippen molar-refractivity contribution in [1.82, 2.24) is 14.9 Å². The average Bonchev–Trinajstić information content (AvgIpc) is 3.11. The van der Waals surface area contributed by atoms with Crippen molar-refractivity contribution in [2.75, 3.05) is 32.8 Å². The van der Waals surface area contributed by atoms with Gasteiger partial charge < -0.3 is 15.0 Å². The summed E-state index contributed by atoms with van der Waals surface area (Å²) < 4.78 is 32.9. The van der Waals surface area contributed by atoms with Crippen LogP contribution >= 0.6 is 11.3 Å². The second-order valence-electron chi connectivity index (χ2n) is 6.14. The molecule has 1 unspecified atom stereocenters. The lowest BCUT2D eigenvalue weighted by Crippen LogP contribution is -2.49. The van der Waals surface area contributed by atoms with E-state index in [4.69, 9.17) is 4.74 Å². The number of carbonyl (C=O) groups is 1. The van der Waals surface area contributed by atoms with Crippen LogP contribution in [0.2, 0.25) is 0 Å². The molecule has 134 valence electrons. The largest absolute Gasteiger partial charge is 0.378 e. The van der Waals surface area contributed by atoms with Gasteiger partial charge in [0.15, 0.2) is 0 Å². The molecule has 2 N–H and O–H groups in total. The Hall–Kier alpha value is -1.000. The molecule has 1 aromatic heterocycles. The highest BCUT2D eigenvalue weighted by Crippen LogP contribution is 2.19. The number of thiophene rings is 1. The first kappa shape index (κ1) is 17.8. The number of likely N-dealkylation sites (tertiary alicyclic amines) is 1. The van der Waals surface area contributed by atoms with Crippen molar-refractivity contribution in [2.45, 2.75) is 35.6 Å². The Bertz CT molecular complexity index is 634. The summed E-state index contributed by atoms with van der Waals surface area (Å²) in [5, 5.41) is 5.03. The molecule has 0 spiro atoms. The fourth-order valence-electron chi connectivity index (χ4n) is 3.03. The molecule has 3 heterocycles. The third-order valence-electron chi connectivity index (χ3n) is 4.35. The topological polar surface area (TPSA) is 87.7 Å². The zero-order chi connectivity index (χ0) is 17.0. The van der Waals surface area contributed by atoms with E-state index in [1.54, 1.807) is 17.5 Å². The SMILES string of the molecule is O=C(CC1COCCN1)N1CCC(NS(=O)(=O)c2cccs2)CC1. The molecule has 9 heteroatoms. The number of ether oxygens (including phenoxy) is 1. The van der Waals surface area contributed by atoms with Crippen LogP contribution in [0, 0.1) is 0 Å². The Kier molecular flexibility index (Phi) is 5.88. The van der Waals surface area contributed by atoms with Gasteiger partial charge in [0.05, 0.1) is 13.2 Å². The zero-order valence-electron chi connectivity index (χ0n) is 13.4. The van der Waals surface area contributed by atoms with E-state index in [9.17, 15) is 13.2 Å². The van der Waals surface area contributed by atoms with Crippen molar-refractivity contribution in [1.29, 1.82) is 0 Å². The van der Waals surface area contributed by atoms with Gasteiger partial charge in [0, 0.05) is 38.1 Å². The van der Waals surface area contributed by atoms with E-state index in [2.05, 4.69) is 10.0 Å². The molecule has 1 atom stereocenters. The minimum Gasteiger partial charge on any atom is -0.378 e. The van der Waals surface area contributed by atoms with Gasteiger partial charge in [0.25, 0.3) is 0 Å². The van der Waals surface area contributed by atoms with Gasteiger partial charge in [0.2, 0.25) is 15.9 Å². The molecule has 24 heavy (non-hydrogen) atoms. The highest BCUT2D eigenvalue weighted by molar-refractivity contribution is 7.91. The molecule has 3 rings (SSSR count). The van der Waals surface area contributed by atoms with Crippen LogP contribution in [0.1, 0.15) is 19.3 Å². The lowest BCUT2D eigenvalue weighted by molar-refractivity contribution is -0.133. The quantitative estimate of drug-likeness (QED) is 0.780. The summed E-state index contributed by atoms with van der Waals surface area (Å²) in [6, 6.07) is 3.30. The van der Waals surface area contributed by atoms with Gasteiger partial charge >= 0.3 is 0 Å². The summed E-state index contributed by atoms with van der Waals surface area (Å²) in [7, 11) is -3.44. The third kappa shape index (κ3) is 4.54. The van der Waals surface area contributed by atoms with Crippen LogP contribution in [-0.4, -0.2) is 64.2 Å². The Balaban J connectivity index is 1.46. The van der Waals surface area contributed by atoms with E-state index >= 15 is 0 Å². The molecule has 0 bridgehead atoms. The first-order valence-corrected chi connectivity index (χ1v) is 10.6. The highest BCUT2D eigenvalue weighted by Gasteiger charge is 2.28. The monoisotopic (exact) mass is 373 g/mol. The zero-order valence-corrected chi connectivity index (χ0v) is 15.1. The van der Waals surface area contributed by atoms with Gasteiger partial charge in [-0.2, -0.15) is 0 Å². The average molecular weight is 374 g/mol. The Morgan fingerprint density at radius 1 is 1.42 bits per heavy atom. The van der Waals surface area contributed by atoms with Crippen molar-refractivity contribution in [3.63, 3.8) is 0 Å². The van der Waals surface area contributed by atoms with Gasteiger partial charge in [-0.1, -0.05) is 6.07 Å². The molecular weight excluding hydrogens is 350 g/mol. The molecule has 1 amide bonds. The predicted octanol–water partition coefficient (Wildman–Crippen LogP) is 0.396. The second kappa shape index (κ2) is 7.92. The van der Waals surface area contributed by atoms with E-state index in [1.807, 2.05) is 4.90 Å². The van der Waals surface area contributed by atoms with Gasteiger partial charge in [-0.25, -0.2) is 13.1 Å². The summed E-state index contributed by atoms with van der Waals surface area (Å²) in [5.74, 6) is 0.109. The number of sulfonamides is 1. The smallest absolute Gasteiger partial charge is 0.250 e. The van der Waals surface area contributed by atoms with Crippen molar-refractivity contribution in [3.8, 4) is 0 Å². The van der Waals surface area contributed by atoms with E-state index in [0.29, 0.717) is 49.8 Å². The number of rotatable bonds is 5. The number of hydrogen-bond donors (Lipinski definition) is 2.